The number of rotatable bonds is 8. The van der Waals surface area contributed by atoms with Gasteiger partial charge in [-0.2, -0.15) is 0 Å². The maximum absolute atomic E-state index is 5.07. The fourth-order valence-electron chi connectivity index (χ4n) is 7.54. The molecule has 4 aromatic carbocycles. The first-order valence-electron chi connectivity index (χ1n) is 17.9. The molecule has 4 aromatic heterocycles. The Hall–Kier alpha value is -5.56. The standard InChI is InChI=1S/C46H36N4S2/c1-4-12-34(13-5-1)44-47-38(30-40(49-44)42-16-10-28-51-42)32-18-22-36(23-19-32)46(26-8-3-9-27-46)37-24-20-33(21-25-37)39-31-41(43-17-11-29-52-43)50-45(48-39)35-14-6-2-7-15-35/h1-2,4-7,10-25,28-31H,3,8-9,26-27H2. The van der Waals surface area contributed by atoms with E-state index >= 15 is 0 Å². The van der Waals surface area contributed by atoms with Crippen LogP contribution in [0.2, 0.25) is 0 Å². The zero-order valence-electron chi connectivity index (χ0n) is 28.7. The van der Waals surface area contributed by atoms with Crippen molar-refractivity contribution in [1.82, 2.24) is 19.9 Å². The number of benzene rings is 4. The van der Waals surface area contributed by atoms with Gasteiger partial charge in [0.05, 0.1) is 32.5 Å². The van der Waals surface area contributed by atoms with Crippen molar-refractivity contribution < 1.29 is 0 Å². The molecule has 1 saturated carbocycles. The molecule has 4 nitrogen and oxygen atoms in total. The number of thiophene rings is 2. The van der Waals surface area contributed by atoms with Crippen LogP contribution >= 0.6 is 22.7 Å². The molecule has 0 bridgehead atoms. The predicted octanol–water partition coefficient (Wildman–Crippen LogP) is 12.6. The van der Waals surface area contributed by atoms with Gasteiger partial charge in [-0.3, -0.25) is 0 Å². The molecule has 0 N–H and O–H groups in total. The van der Waals surface area contributed by atoms with E-state index in [0.717, 1.165) is 79.3 Å². The van der Waals surface area contributed by atoms with E-state index in [1.807, 2.05) is 36.4 Å². The van der Waals surface area contributed by atoms with E-state index in [1.54, 1.807) is 22.7 Å². The van der Waals surface area contributed by atoms with Crippen LogP contribution in [-0.4, -0.2) is 19.9 Å². The van der Waals surface area contributed by atoms with Crippen LogP contribution in [0.25, 0.3) is 66.4 Å². The van der Waals surface area contributed by atoms with Gasteiger partial charge < -0.3 is 0 Å². The molecule has 252 valence electrons. The van der Waals surface area contributed by atoms with E-state index in [4.69, 9.17) is 19.9 Å². The molecule has 0 amide bonds. The molecule has 6 heteroatoms. The van der Waals surface area contributed by atoms with E-state index < -0.39 is 0 Å². The Morgan fingerprint density at radius 2 is 0.808 bits per heavy atom. The van der Waals surface area contributed by atoms with Crippen molar-refractivity contribution in [2.45, 2.75) is 37.5 Å². The van der Waals surface area contributed by atoms with Crippen LogP contribution in [-0.2, 0) is 5.41 Å². The fraction of sp³-hybridized carbons (Fsp3) is 0.130. The van der Waals surface area contributed by atoms with Crippen LogP contribution in [0.3, 0.4) is 0 Å². The van der Waals surface area contributed by atoms with Crippen LogP contribution in [0.1, 0.15) is 43.2 Å². The van der Waals surface area contributed by atoms with Crippen molar-refractivity contribution in [1.29, 1.82) is 0 Å². The highest BCUT2D eigenvalue weighted by Gasteiger charge is 2.35. The molecule has 0 saturated heterocycles. The van der Waals surface area contributed by atoms with Crippen molar-refractivity contribution in [2.24, 2.45) is 0 Å². The van der Waals surface area contributed by atoms with Gasteiger partial charge in [-0.15, -0.1) is 22.7 Å². The highest BCUT2D eigenvalue weighted by atomic mass is 32.1. The van der Waals surface area contributed by atoms with E-state index in [1.165, 1.54) is 30.4 Å². The molecule has 1 aliphatic rings. The lowest BCUT2D eigenvalue weighted by atomic mass is 9.65. The third-order valence-corrected chi connectivity index (χ3v) is 12.0. The van der Waals surface area contributed by atoms with Crippen LogP contribution in [0.5, 0.6) is 0 Å². The number of hydrogen-bond acceptors (Lipinski definition) is 6. The van der Waals surface area contributed by atoms with Gasteiger partial charge in [-0.25, -0.2) is 19.9 Å². The maximum atomic E-state index is 5.07. The maximum Gasteiger partial charge on any atom is 0.160 e. The monoisotopic (exact) mass is 708 g/mol. The van der Waals surface area contributed by atoms with Crippen molar-refractivity contribution in [3.63, 3.8) is 0 Å². The minimum Gasteiger partial charge on any atom is -0.228 e. The van der Waals surface area contributed by atoms with Crippen LogP contribution in [0.15, 0.2) is 156 Å². The Morgan fingerprint density at radius 3 is 1.21 bits per heavy atom. The molecule has 52 heavy (non-hydrogen) atoms. The van der Waals surface area contributed by atoms with Crippen LogP contribution in [0.4, 0.5) is 0 Å². The first-order valence-corrected chi connectivity index (χ1v) is 19.7. The summed E-state index contributed by atoms with van der Waals surface area (Å²) in [4.78, 5) is 22.4. The molecule has 1 aliphatic carbocycles. The smallest absolute Gasteiger partial charge is 0.160 e. The second-order valence-corrected chi connectivity index (χ2v) is 15.3. The van der Waals surface area contributed by atoms with Crippen LogP contribution < -0.4 is 0 Å². The van der Waals surface area contributed by atoms with Gasteiger partial charge >= 0.3 is 0 Å². The number of aromatic nitrogens is 4. The van der Waals surface area contributed by atoms with Gasteiger partial charge in [0.2, 0.25) is 0 Å². The summed E-state index contributed by atoms with van der Waals surface area (Å²) in [7, 11) is 0. The van der Waals surface area contributed by atoms with E-state index in [9.17, 15) is 0 Å². The van der Waals surface area contributed by atoms with Gasteiger partial charge in [0.25, 0.3) is 0 Å². The summed E-state index contributed by atoms with van der Waals surface area (Å²) < 4.78 is 0. The minimum absolute atomic E-state index is 0.0404. The van der Waals surface area contributed by atoms with Crippen LogP contribution in [0, 0.1) is 0 Å². The Morgan fingerprint density at radius 1 is 0.385 bits per heavy atom. The third-order valence-electron chi connectivity index (χ3n) is 10.2. The Labute approximate surface area is 312 Å². The molecule has 0 spiro atoms. The topological polar surface area (TPSA) is 51.6 Å². The molecule has 1 fully saturated rings. The SMILES string of the molecule is c1ccc(-c2nc(-c3ccc(C4(c5ccc(-c6cc(-c7cccs7)nc(-c7ccccc7)n6)cc5)CCCCC4)cc3)cc(-c3cccs3)n2)cc1. The van der Waals surface area contributed by atoms with Gasteiger partial charge in [0, 0.05) is 27.7 Å². The second-order valence-electron chi connectivity index (χ2n) is 13.4. The molecule has 0 unspecified atom stereocenters. The summed E-state index contributed by atoms with van der Waals surface area (Å²) in [5.74, 6) is 1.49. The lowest BCUT2D eigenvalue weighted by Crippen LogP contribution is -2.30. The second kappa shape index (κ2) is 14.2. The average Bonchev–Trinajstić information content (AvgIpc) is 3.98. The molecule has 8 aromatic rings. The number of hydrogen-bond donors (Lipinski definition) is 0. The highest BCUT2D eigenvalue weighted by molar-refractivity contribution is 7.13. The summed E-state index contributed by atoms with van der Waals surface area (Å²) in [6, 6.07) is 51.6. The lowest BCUT2D eigenvalue weighted by molar-refractivity contribution is 0.346. The fourth-order valence-corrected chi connectivity index (χ4v) is 8.92. The van der Waals surface area contributed by atoms with E-state index in [0.29, 0.717) is 0 Å². The molecule has 9 rings (SSSR count). The summed E-state index contributed by atoms with van der Waals surface area (Å²) in [5.41, 5.74) is 10.7. The molecule has 0 atom stereocenters. The third kappa shape index (κ3) is 6.40. The first-order chi connectivity index (χ1) is 25.7. The summed E-state index contributed by atoms with van der Waals surface area (Å²) >= 11 is 3.41. The quantitative estimate of drug-likeness (QED) is 0.158. The molecular formula is C46H36N4S2. The molecule has 0 radical (unpaired) electrons. The van der Waals surface area contributed by atoms with E-state index in [-0.39, 0.29) is 5.41 Å². The molecular weight excluding hydrogens is 673 g/mol. The largest absolute Gasteiger partial charge is 0.228 e. The summed E-state index contributed by atoms with van der Waals surface area (Å²) in [6.45, 7) is 0. The average molecular weight is 709 g/mol. The molecule has 4 heterocycles. The zero-order chi connectivity index (χ0) is 34.7. The minimum atomic E-state index is -0.0404. The predicted molar refractivity (Wildman–Crippen MR) is 216 cm³/mol. The Balaban J connectivity index is 1.07. The normalized spacial score (nSPS) is 13.9. The van der Waals surface area contributed by atoms with Gasteiger partial charge in [0.15, 0.2) is 11.6 Å². The zero-order valence-corrected chi connectivity index (χ0v) is 30.3. The number of nitrogens with zero attached hydrogens (tertiary/aromatic N) is 4. The Kier molecular flexibility index (Phi) is 8.85. The van der Waals surface area contributed by atoms with E-state index in [2.05, 4.69) is 120 Å². The molecule has 0 aliphatic heterocycles. The van der Waals surface area contributed by atoms with Crippen molar-refractivity contribution in [2.75, 3.05) is 0 Å². The highest BCUT2D eigenvalue weighted by Crippen LogP contribution is 2.46. The first kappa shape index (κ1) is 32.4. The summed E-state index contributed by atoms with van der Waals surface area (Å²) in [5, 5.41) is 4.20. The van der Waals surface area contributed by atoms with Gasteiger partial charge in [-0.05, 0) is 59.0 Å². The Bertz CT molecular complexity index is 2230. The van der Waals surface area contributed by atoms with Gasteiger partial charge in [-0.1, -0.05) is 141 Å². The van der Waals surface area contributed by atoms with Gasteiger partial charge in [0.1, 0.15) is 0 Å². The van der Waals surface area contributed by atoms with Crippen molar-refractivity contribution in [3.05, 3.63) is 167 Å². The lowest BCUT2D eigenvalue weighted by Gasteiger charge is -2.39. The van der Waals surface area contributed by atoms with Crippen molar-refractivity contribution in [3.8, 4) is 66.4 Å². The van der Waals surface area contributed by atoms with Crippen molar-refractivity contribution >= 4 is 22.7 Å². The summed E-state index contributed by atoms with van der Waals surface area (Å²) in [6.07, 6.45) is 5.98.